The van der Waals surface area contributed by atoms with Crippen molar-refractivity contribution in [1.82, 2.24) is 0 Å². The summed E-state index contributed by atoms with van der Waals surface area (Å²) in [6, 6.07) is 13.9. The third-order valence-electron chi connectivity index (χ3n) is 2.69. The highest BCUT2D eigenvalue weighted by Crippen LogP contribution is 2.23. The number of benzene rings is 1. The molecule has 0 aliphatic heterocycles. The molecule has 0 saturated heterocycles. The van der Waals surface area contributed by atoms with Crippen molar-refractivity contribution >= 4 is 28.6 Å². The largest absolute Gasteiger partial charge is 0.367 e. The van der Waals surface area contributed by atoms with Gasteiger partial charge in [-0.3, -0.25) is 0 Å². The molecule has 1 heterocycles. The molecule has 0 fully saturated rings. The Morgan fingerprint density at radius 2 is 1.94 bits per heavy atom. The predicted octanol–water partition coefficient (Wildman–Crippen LogP) is 4.30. The van der Waals surface area contributed by atoms with Gasteiger partial charge < -0.3 is 4.90 Å². The molecule has 0 amide bonds. The fraction of sp³-hybridized carbons (Fsp3) is 0.214. The summed E-state index contributed by atoms with van der Waals surface area (Å²) in [6.07, 6.45) is 0. The average Bonchev–Trinajstić information content (AvgIpc) is 2.85. The molecule has 2 nitrogen and oxygen atoms in total. The van der Waals surface area contributed by atoms with Gasteiger partial charge in [-0.2, -0.15) is 5.26 Å². The first kappa shape index (κ1) is 12.9. The van der Waals surface area contributed by atoms with E-state index in [1.165, 1.54) is 4.88 Å². The number of halogens is 1. The van der Waals surface area contributed by atoms with E-state index < -0.39 is 0 Å². The molecule has 0 radical (unpaired) electrons. The Morgan fingerprint density at radius 1 is 1.22 bits per heavy atom. The monoisotopic (exact) mass is 276 g/mol. The first-order chi connectivity index (χ1) is 8.72. The average molecular weight is 277 g/mol. The van der Waals surface area contributed by atoms with Gasteiger partial charge in [0.05, 0.1) is 6.54 Å². The number of hydrogen-bond donors (Lipinski definition) is 0. The molecule has 1 aromatic heterocycles. The maximum absolute atomic E-state index is 8.82. The summed E-state index contributed by atoms with van der Waals surface area (Å²) in [7, 11) is 0. The van der Waals surface area contributed by atoms with Gasteiger partial charge in [0.15, 0.2) is 0 Å². The van der Waals surface area contributed by atoms with Crippen molar-refractivity contribution in [3.05, 3.63) is 51.2 Å². The van der Waals surface area contributed by atoms with Crippen LogP contribution in [0.3, 0.4) is 0 Å². The molecule has 2 rings (SSSR count). The Balaban J connectivity index is 2.14. The number of thiophene rings is 1. The second-order valence-corrected chi connectivity index (χ2v) is 5.47. The van der Waals surface area contributed by atoms with Gasteiger partial charge in [-0.05, 0) is 43.3 Å². The minimum Gasteiger partial charge on any atom is -0.367 e. The Labute approximate surface area is 116 Å². The fourth-order valence-electron chi connectivity index (χ4n) is 1.75. The van der Waals surface area contributed by atoms with Gasteiger partial charge >= 0.3 is 0 Å². The molecule has 0 bridgehead atoms. The molecule has 2 aromatic rings. The van der Waals surface area contributed by atoms with Gasteiger partial charge in [0.2, 0.25) is 0 Å². The van der Waals surface area contributed by atoms with E-state index >= 15 is 0 Å². The number of anilines is 1. The van der Waals surface area contributed by atoms with Crippen LogP contribution in [0, 0.1) is 11.3 Å². The molecule has 18 heavy (non-hydrogen) atoms. The summed E-state index contributed by atoms with van der Waals surface area (Å²) >= 11 is 7.43. The summed E-state index contributed by atoms with van der Waals surface area (Å²) in [5.74, 6) is 0. The van der Waals surface area contributed by atoms with Crippen molar-refractivity contribution in [3.8, 4) is 6.07 Å². The summed E-state index contributed by atoms with van der Waals surface area (Å²) in [5, 5.41) is 9.57. The Hall–Kier alpha value is -1.50. The van der Waals surface area contributed by atoms with Crippen LogP contribution < -0.4 is 4.90 Å². The summed E-state index contributed by atoms with van der Waals surface area (Å²) < 4.78 is 0. The number of hydrogen-bond acceptors (Lipinski definition) is 3. The van der Waals surface area contributed by atoms with Crippen LogP contribution in [0.4, 0.5) is 5.69 Å². The molecule has 0 unspecified atom stereocenters. The van der Waals surface area contributed by atoms with Crippen molar-refractivity contribution in [1.29, 1.82) is 5.26 Å². The van der Waals surface area contributed by atoms with E-state index in [2.05, 4.69) is 17.9 Å². The second-order valence-electron chi connectivity index (χ2n) is 3.87. The van der Waals surface area contributed by atoms with Crippen molar-refractivity contribution in [3.63, 3.8) is 0 Å². The van der Waals surface area contributed by atoms with Crippen LogP contribution in [0.5, 0.6) is 0 Å². The van der Waals surface area contributed by atoms with E-state index in [-0.39, 0.29) is 0 Å². The van der Waals surface area contributed by atoms with Gasteiger partial charge in [0.25, 0.3) is 0 Å². The zero-order valence-corrected chi connectivity index (χ0v) is 11.6. The van der Waals surface area contributed by atoms with Gasteiger partial charge in [0.1, 0.15) is 10.9 Å². The third kappa shape index (κ3) is 3.04. The molecule has 0 spiro atoms. The Bertz CT molecular complexity index is 554. The Kier molecular flexibility index (Phi) is 4.24. The zero-order chi connectivity index (χ0) is 13.0. The van der Waals surface area contributed by atoms with Crippen molar-refractivity contribution in [2.75, 3.05) is 11.4 Å². The molecule has 4 heteroatoms. The van der Waals surface area contributed by atoms with Crippen LogP contribution in [0.2, 0.25) is 5.02 Å². The lowest BCUT2D eigenvalue weighted by Crippen LogP contribution is -2.21. The zero-order valence-electron chi connectivity index (χ0n) is 10.1. The highest BCUT2D eigenvalue weighted by atomic mass is 35.5. The minimum atomic E-state index is 0.748. The topological polar surface area (TPSA) is 27.0 Å². The van der Waals surface area contributed by atoms with Crippen LogP contribution in [0.1, 0.15) is 16.7 Å². The van der Waals surface area contributed by atoms with E-state index in [4.69, 9.17) is 16.9 Å². The molecule has 0 N–H and O–H groups in total. The summed E-state index contributed by atoms with van der Waals surface area (Å²) in [5.41, 5.74) is 1.15. The van der Waals surface area contributed by atoms with E-state index in [9.17, 15) is 0 Å². The van der Waals surface area contributed by atoms with E-state index in [1.54, 1.807) is 11.3 Å². The smallest absolute Gasteiger partial charge is 0.110 e. The van der Waals surface area contributed by atoms with E-state index in [1.807, 2.05) is 36.4 Å². The van der Waals surface area contributed by atoms with Crippen molar-refractivity contribution < 1.29 is 0 Å². The lowest BCUT2D eigenvalue weighted by Gasteiger charge is -2.22. The molecule has 0 aliphatic rings. The van der Waals surface area contributed by atoms with E-state index in [0.29, 0.717) is 0 Å². The predicted molar refractivity (Wildman–Crippen MR) is 77.2 cm³/mol. The Morgan fingerprint density at radius 3 is 2.50 bits per heavy atom. The summed E-state index contributed by atoms with van der Waals surface area (Å²) in [4.78, 5) is 4.21. The van der Waals surface area contributed by atoms with E-state index in [0.717, 1.165) is 28.7 Å². The first-order valence-corrected chi connectivity index (χ1v) is 6.91. The molecule has 0 atom stereocenters. The first-order valence-electron chi connectivity index (χ1n) is 5.72. The SMILES string of the molecule is CCN(Cc1ccc(C#N)s1)c1ccc(Cl)cc1. The highest BCUT2D eigenvalue weighted by Gasteiger charge is 2.07. The maximum atomic E-state index is 8.82. The number of rotatable bonds is 4. The molecule has 0 aliphatic carbocycles. The molecular weight excluding hydrogens is 264 g/mol. The molecular formula is C14H13ClN2S. The molecule has 92 valence electrons. The lowest BCUT2D eigenvalue weighted by molar-refractivity contribution is 0.842. The fourth-order valence-corrected chi connectivity index (χ4v) is 2.70. The van der Waals surface area contributed by atoms with Gasteiger partial charge in [0, 0.05) is 22.1 Å². The van der Waals surface area contributed by atoms with Crippen molar-refractivity contribution in [2.45, 2.75) is 13.5 Å². The third-order valence-corrected chi connectivity index (χ3v) is 3.92. The van der Waals surface area contributed by atoms with Gasteiger partial charge in [-0.25, -0.2) is 0 Å². The molecule has 0 saturated carbocycles. The maximum Gasteiger partial charge on any atom is 0.110 e. The molecule has 1 aromatic carbocycles. The van der Waals surface area contributed by atoms with Crippen LogP contribution in [-0.4, -0.2) is 6.54 Å². The standard InChI is InChI=1S/C14H13ClN2S/c1-2-17(12-5-3-11(15)4-6-12)10-14-8-7-13(9-16)18-14/h3-8H,2,10H2,1H3. The van der Waals surface area contributed by atoms with Gasteiger partial charge in [-0.1, -0.05) is 11.6 Å². The van der Waals surface area contributed by atoms with Gasteiger partial charge in [-0.15, -0.1) is 11.3 Å². The minimum absolute atomic E-state index is 0.748. The van der Waals surface area contributed by atoms with Crippen molar-refractivity contribution in [2.24, 2.45) is 0 Å². The van der Waals surface area contributed by atoms with Crippen LogP contribution in [0.15, 0.2) is 36.4 Å². The van der Waals surface area contributed by atoms with Crippen LogP contribution in [0.25, 0.3) is 0 Å². The summed E-state index contributed by atoms with van der Waals surface area (Å²) in [6.45, 7) is 3.86. The lowest BCUT2D eigenvalue weighted by atomic mass is 10.2. The van der Waals surface area contributed by atoms with Crippen LogP contribution >= 0.6 is 22.9 Å². The quantitative estimate of drug-likeness (QED) is 0.832. The number of nitriles is 1. The normalized spacial score (nSPS) is 10.1. The second kappa shape index (κ2) is 5.90. The number of nitrogens with zero attached hydrogens (tertiary/aromatic N) is 2. The van der Waals surface area contributed by atoms with Crippen LogP contribution in [-0.2, 0) is 6.54 Å². The highest BCUT2D eigenvalue weighted by molar-refractivity contribution is 7.12.